The van der Waals surface area contributed by atoms with Gasteiger partial charge < -0.3 is 15.7 Å². The molecule has 1 aliphatic carbocycles. The fraction of sp³-hybridized carbons (Fsp3) is 0.611. The summed E-state index contributed by atoms with van der Waals surface area (Å²) in [5, 5.41) is 15.3. The van der Waals surface area contributed by atoms with E-state index in [0.717, 1.165) is 32.4 Å². The number of aliphatic hydroxyl groups excluding tert-OH is 1. The Morgan fingerprint density at radius 1 is 1.35 bits per heavy atom. The van der Waals surface area contributed by atoms with Gasteiger partial charge in [-0.25, -0.2) is 4.79 Å². The summed E-state index contributed by atoms with van der Waals surface area (Å²) in [6.45, 7) is 4.77. The predicted molar refractivity (Wildman–Crippen MR) is 90.0 cm³/mol. The van der Waals surface area contributed by atoms with Crippen LogP contribution in [-0.2, 0) is 6.54 Å². The quantitative estimate of drug-likeness (QED) is 0.748. The molecule has 0 radical (unpaired) electrons. The van der Waals surface area contributed by atoms with Gasteiger partial charge in [0.2, 0.25) is 0 Å². The van der Waals surface area contributed by atoms with Gasteiger partial charge in [-0.1, -0.05) is 30.3 Å². The SMILES string of the molecule is CC1CC(NC(=O)NCC2(CO)CC2)CN1Cc1ccccc1. The number of carbonyl (C=O) groups excluding carboxylic acids is 1. The summed E-state index contributed by atoms with van der Waals surface area (Å²) < 4.78 is 0. The summed E-state index contributed by atoms with van der Waals surface area (Å²) in [6.07, 6.45) is 3.00. The van der Waals surface area contributed by atoms with Crippen LogP contribution in [0.25, 0.3) is 0 Å². The molecule has 5 nitrogen and oxygen atoms in total. The van der Waals surface area contributed by atoms with Crippen molar-refractivity contribution < 1.29 is 9.90 Å². The molecule has 2 unspecified atom stereocenters. The third-order valence-corrected chi connectivity index (χ3v) is 5.18. The Balaban J connectivity index is 1.44. The second-order valence-corrected chi connectivity index (χ2v) is 7.18. The van der Waals surface area contributed by atoms with E-state index < -0.39 is 0 Å². The highest BCUT2D eigenvalue weighted by Gasteiger charge is 2.42. The average molecular weight is 317 g/mol. The molecule has 1 saturated carbocycles. The molecule has 5 heteroatoms. The lowest BCUT2D eigenvalue weighted by Gasteiger charge is -2.21. The number of urea groups is 1. The summed E-state index contributed by atoms with van der Waals surface area (Å²) in [6, 6.07) is 11.0. The van der Waals surface area contributed by atoms with Crippen LogP contribution in [0.2, 0.25) is 0 Å². The number of hydrogen-bond donors (Lipinski definition) is 3. The van der Waals surface area contributed by atoms with Crippen LogP contribution in [0.4, 0.5) is 4.79 Å². The second kappa shape index (κ2) is 6.89. The number of nitrogens with one attached hydrogen (secondary N) is 2. The van der Waals surface area contributed by atoms with Crippen LogP contribution in [0.15, 0.2) is 30.3 Å². The van der Waals surface area contributed by atoms with Crippen molar-refractivity contribution in [2.24, 2.45) is 5.41 Å². The zero-order valence-electron chi connectivity index (χ0n) is 13.8. The van der Waals surface area contributed by atoms with E-state index in [1.165, 1.54) is 5.56 Å². The van der Waals surface area contributed by atoms with Crippen molar-refractivity contribution in [1.29, 1.82) is 0 Å². The molecular weight excluding hydrogens is 290 g/mol. The summed E-state index contributed by atoms with van der Waals surface area (Å²) >= 11 is 0. The fourth-order valence-corrected chi connectivity index (χ4v) is 3.31. The molecule has 1 aromatic carbocycles. The molecule has 126 valence electrons. The first kappa shape index (κ1) is 16.3. The smallest absolute Gasteiger partial charge is 0.315 e. The standard InChI is InChI=1S/C18H27N3O2/c1-14-9-16(11-21(14)10-15-5-3-2-4-6-15)20-17(23)19-12-18(13-22)7-8-18/h2-6,14,16,22H,7-13H2,1H3,(H2,19,20,23). The Hall–Kier alpha value is -1.59. The van der Waals surface area contributed by atoms with Crippen molar-refractivity contribution in [3.05, 3.63) is 35.9 Å². The van der Waals surface area contributed by atoms with Crippen LogP contribution >= 0.6 is 0 Å². The van der Waals surface area contributed by atoms with E-state index in [2.05, 4.69) is 46.7 Å². The van der Waals surface area contributed by atoms with E-state index >= 15 is 0 Å². The number of nitrogens with zero attached hydrogens (tertiary/aromatic N) is 1. The maximum Gasteiger partial charge on any atom is 0.315 e. The van der Waals surface area contributed by atoms with Gasteiger partial charge in [-0.15, -0.1) is 0 Å². The number of amides is 2. The van der Waals surface area contributed by atoms with Crippen LogP contribution in [0.5, 0.6) is 0 Å². The Morgan fingerprint density at radius 3 is 2.74 bits per heavy atom. The van der Waals surface area contributed by atoms with Crippen molar-refractivity contribution in [1.82, 2.24) is 15.5 Å². The van der Waals surface area contributed by atoms with E-state index in [9.17, 15) is 9.90 Å². The van der Waals surface area contributed by atoms with Gasteiger partial charge >= 0.3 is 6.03 Å². The van der Waals surface area contributed by atoms with Gasteiger partial charge in [-0.3, -0.25) is 4.90 Å². The molecule has 0 aromatic heterocycles. The Kier molecular flexibility index (Phi) is 4.87. The van der Waals surface area contributed by atoms with E-state index in [4.69, 9.17) is 0 Å². The number of benzene rings is 1. The average Bonchev–Trinajstić information content (AvgIpc) is 3.26. The molecule has 2 aliphatic rings. The van der Waals surface area contributed by atoms with Gasteiger partial charge in [-0.05, 0) is 31.7 Å². The van der Waals surface area contributed by atoms with Crippen LogP contribution < -0.4 is 10.6 Å². The molecule has 3 N–H and O–H groups in total. The summed E-state index contributed by atoms with van der Waals surface area (Å²) in [7, 11) is 0. The number of hydrogen-bond acceptors (Lipinski definition) is 3. The topological polar surface area (TPSA) is 64.6 Å². The van der Waals surface area contributed by atoms with Crippen LogP contribution in [0, 0.1) is 5.41 Å². The minimum atomic E-state index is -0.108. The summed E-state index contributed by atoms with van der Waals surface area (Å²) in [5.74, 6) is 0. The Morgan fingerprint density at radius 2 is 2.09 bits per heavy atom. The number of likely N-dealkylation sites (tertiary alicyclic amines) is 1. The van der Waals surface area contributed by atoms with Crippen LogP contribution in [0.1, 0.15) is 31.7 Å². The van der Waals surface area contributed by atoms with Gasteiger partial charge in [0, 0.05) is 37.1 Å². The predicted octanol–water partition coefficient (Wildman–Crippen LogP) is 1.72. The van der Waals surface area contributed by atoms with Crippen molar-refractivity contribution in [2.45, 2.75) is 44.8 Å². The van der Waals surface area contributed by atoms with Gasteiger partial charge in [0.05, 0.1) is 6.61 Å². The zero-order chi connectivity index (χ0) is 16.3. The van der Waals surface area contributed by atoms with Crippen LogP contribution in [-0.4, -0.2) is 47.8 Å². The molecule has 1 aromatic rings. The first-order valence-electron chi connectivity index (χ1n) is 8.53. The summed E-state index contributed by atoms with van der Waals surface area (Å²) in [4.78, 5) is 14.5. The monoisotopic (exact) mass is 317 g/mol. The van der Waals surface area contributed by atoms with Gasteiger partial charge in [0.15, 0.2) is 0 Å². The first-order valence-corrected chi connectivity index (χ1v) is 8.53. The van der Waals surface area contributed by atoms with Crippen LogP contribution in [0.3, 0.4) is 0 Å². The minimum Gasteiger partial charge on any atom is -0.396 e. The number of rotatable bonds is 6. The third-order valence-electron chi connectivity index (χ3n) is 5.18. The largest absolute Gasteiger partial charge is 0.396 e. The molecule has 2 atom stereocenters. The van der Waals surface area contributed by atoms with Gasteiger partial charge in [0.25, 0.3) is 0 Å². The lowest BCUT2D eigenvalue weighted by molar-refractivity contribution is 0.201. The van der Waals surface area contributed by atoms with E-state index in [1.54, 1.807) is 0 Å². The maximum absolute atomic E-state index is 12.0. The third kappa shape index (κ3) is 4.24. The summed E-state index contributed by atoms with van der Waals surface area (Å²) in [5.41, 5.74) is 1.27. The normalized spacial score (nSPS) is 26.0. The molecule has 1 saturated heterocycles. The number of carbonyl (C=O) groups is 1. The fourth-order valence-electron chi connectivity index (χ4n) is 3.31. The van der Waals surface area contributed by atoms with Crippen molar-refractivity contribution >= 4 is 6.03 Å². The minimum absolute atomic E-state index is 0.0420. The Labute approximate surface area is 138 Å². The lowest BCUT2D eigenvalue weighted by atomic mass is 10.1. The molecule has 0 bridgehead atoms. The lowest BCUT2D eigenvalue weighted by Crippen LogP contribution is -2.45. The number of aliphatic hydroxyl groups is 1. The van der Waals surface area contributed by atoms with Crippen molar-refractivity contribution in [3.63, 3.8) is 0 Å². The highest BCUT2D eigenvalue weighted by atomic mass is 16.3. The highest BCUT2D eigenvalue weighted by Crippen LogP contribution is 2.44. The van der Waals surface area contributed by atoms with Gasteiger partial charge in [-0.2, -0.15) is 0 Å². The van der Waals surface area contributed by atoms with E-state index in [1.807, 2.05) is 6.07 Å². The molecular formula is C18H27N3O2. The van der Waals surface area contributed by atoms with Crippen molar-refractivity contribution in [3.8, 4) is 0 Å². The maximum atomic E-state index is 12.0. The first-order chi connectivity index (χ1) is 11.1. The highest BCUT2D eigenvalue weighted by molar-refractivity contribution is 5.74. The zero-order valence-corrected chi connectivity index (χ0v) is 13.8. The molecule has 2 fully saturated rings. The molecule has 1 aliphatic heterocycles. The van der Waals surface area contributed by atoms with Gasteiger partial charge in [0.1, 0.15) is 0 Å². The molecule has 3 rings (SSSR count). The molecule has 0 spiro atoms. The van der Waals surface area contributed by atoms with E-state index in [0.29, 0.717) is 12.6 Å². The molecule has 23 heavy (non-hydrogen) atoms. The Bertz CT molecular complexity index is 530. The molecule has 2 amide bonds. The molecule has 1 heterocycles. The van der Waals surface area contributed by atoms with E-state index in [-0.39, 0.29) is 24.1 Å². The second-order valence-electron chi connectivity index (χ2n) is 7.18. The van der Waals surface area contributed by atoms with Crippen molar-refractivity contribution in [2.75, 3.05) is 19.7 Å².